The Bertz CT molecular complexity index is 1670. The lowest BCUT2D eigenvalue weighted by atomic mass is 10.0. The fourth-order valence-corrected chi connectivity index (χ4v) is 7.21. The van der Waals surface area contributed by atoms with E-state index in [1.165, 1.54) is 12.1 Å². The van der Waals surface area contributed by atoms with E-state index >= 15 is 0 Å². The van der Waals surface area contributed by atoms with Gasteiger partial charge in [-0.2, -0.15) is 0 Å². The Hall–Kier alpha value is -4.43. The third-order valence-electron chi connectivity index (χ3n) is 8.38. The van der Waals surface area contributed by atoms with E-state index in [9.17, 15) is 18.0 Å². The summed E-state index contributed by atoms with van der Waals surface area (Å²) in [4.78, 5) is 30.3. The van der Waals surface area contributed by atoms with Crippen molar-refractivity contribution in [2.75, 3.05) is 10.8 Å². The molecule has 1 saturated carbocycles. The van der Waals surface area contributed by atoms with Crippen LogP contribution < -0.4 is 9.62 Å². The molecule has 7 nitrogen and oxygen atoms in total. The van der Waals surface area contributed by atoms with E-state index in [1.807, 2.05) is 80.6 Å². The summed E-state index contributed by atoms with van der Waals surface area (Å²) in [5, 5.41) is 3.21. The lowest BCUT2D eigenvalue weighted by molar-refractivity contribution is -0.140. The van der Waals surface area contributed by atoms with E-state index in [-0.39, 0.29) is 23.4 Å². The predicted octanol–water partition coefficient (Wildman–Crippen LogP) is 6.20. The summed E-state index contributed by atoms with van der Waals surface area (Å²) in [5.41, 5.74) is 4.19. The molecule has 0 spiro atoms. The Kier molecular flexibility index (Phi) is 10.4. The molecule has 1 N–H and O–H groups in total. The molecular weight excluding hydrogens is 582 g/mol. The second-order valence-electron chi connectivity index (χ2n) is 11.9. The van der Waals surface area contributed by atoms with Gasteiger partial charge in [0.1, 0.15) is 12.6 Å². The van der Waals surface area contributed by atoms with Crippen LogP contribution in [0.5, 0.6) is 0 Å². The molecule has 0 radical (unpaired) electrons. The molecule has 8 heteroatoms. The summed E-state index contributed by atoms with van der Waals surface area (Å²) in [6.07, 6.45) is 4.23. The van der Waals surface area contributed by atoms with E-state index in [4.69, 9.17) is 0 Å². The van der Waals surface area contributed by atoms with Crippen LogP contribution in [0.15, 0.2) is 114 Å². The number of aryl methyl sites for hydroxylation is 2. The summed E-state index contributed by atoms with van der Waals surface area (Å²) < 4.78 is 29.3. The van der Waals surface area contributed by atoms with Crippen LogP contribution in [0, 0.1) is 13.8 Å². The zero-order chi connectivity index (χ0) is 31.8. The topological polar surface area (TPSA) is 86.8 Å². The fraction of sp³-hybridized carbons (Fsp3) is 0.297. The summed E-state index contributed by atoms with van der Waals surface area (Å²) in [5.74, 6) is -0.683. The van der Waals surface area contributed by atoms with Gasteiger partial charge < -0.3 is 10.2 Å². The summed E-state index contributed by atoms with van der Waals surface area (Å²) >= 11 is 0. The Morgan fingerprint density at radius 1 is 0.756 bits per heavy atom. The molecule has 0 saturated heterocycles. The molecule has 45 heavy (non-hydrogen) atoms. The summed E-state index contributed by atoms with van der Waals surface area (Å²) in [6, 6.07) is 31.9. The number of nitrogens with zero attached hydrogens (tertiary/aromatic N) is 2. The van der Waals surface area contributed by atoms with Crippen LogP contribution in [-0.4, -0.2) is 43.8 Å². The molecule has 1 aliphatic rings. The SMILES string of the molecule is Cc1ccc(CN(C(=O)CN(c2ccc(C)cc2)S(=O)(=O)c2ccccc2)[C@@H](Cc2ccccc2)C(=O)NC2CCCC2)cc1. The molecule has 0 aliphatic heterocycles. The van der Waals surface area contributed by atoms with Gasteiger partial charge in [0.2, 0.25) is 11.8 Å². The molecular formula is C37H41N3O4S. The van der Waals surface area contributed by atoms with Gasteiger partial charge in [-0.15, -0.1) is 0 Å². The van der Waals surface area contributed by atoms with E-state index in [2.05, 4.69) is 5.32 Å². The van der Waals surface area contributed by atoms with E-state index < -0.39 is 28.5 Å². The molecule has 2 amide bonds. The predicted molar refractivity (Wildman–Crippen MR) is 178 cm³/mol. The molecule has 1 aliphatic carbocycles. The standard InChI is InChI=1S/C37H41N3O4S/c1-28-17-21-31(22-18-28)26-39(35(25-30-11-5-3-6-12-30)37(42)38-32-13-9-10-14-32)36(41)27-40(33-23-19-29(2)20-24-33)45(43,44)34-15-7-4-8-16-34/h3-8,11-12,15-24,32,35H,9-10,13-14,25-27H2,1-2H3,(H,38,42)/t35-/m0/s1. The third-order valence-corrected chi connectivity index (χ3v) is 10.2. The number of amides is 2. The van der Waals surface area contributed by atoms with E-state index in [0.717, 1.165) is 52.2 Å². The number of rotatable bonds is 12. The number of anilines is 1. The summed E-state index contributed by atoms with van der Waals surface area (Å²) in [7, 11) is -4.11. The van der Waals surface area contributed by atoms with Crippen LogP contribution in [0.25, 0.3) is 0 Å². The highest BCUT2D eigenvalue weighted by Gasteiger charge is 2.35. The Morgan fingerprint density at radius 3 is 1.91 bits per heavy atom. The average molecular weight is 624 g/mol. The molecule has 5 rings (SSSR count). The van der Waals surface area contributed by atoms with Crippen LogP contribution in [0.1, 0.15) is 47.9 Å². The van der Waals surface area contributed by atoms with Crippen molar-refractivity contribution in [1.29, 1.82) is 0 Å². The van der Waals surface area contributed by atoms with Crippen molar-refractivity contribution in [3.63, 3.8) is 0 Å². The first-order valence-electron chi connectivity index (χ1n) is 15.5. The van der Waals surface area contributed by atoms with E-state index in [0.29, 0.717) is 12.1 Å². The maximum absolute atomic E-state index is 14.6. The number of sulfonamides is 1. The van der Waals surface area contributed by atoms with Crippen LogP contribution in [0.3, 0.4) is 0 Å². The Balaban J connectivity index is 1.55. The lowest BCUT2D eigenvalue weighted by Crippen LogP contribution is -2.54. The van der Waals surface area contributed by atoms with Gasteiger partial charge in [0.25, 0.3) is 10.0 Å². The molecule has 0 aromatic heterocycles. The third kappa shape index (κ3) is 8.19. The van der Waals surface area contributed by atoms with Gasteiger partial charge in [-0.1, -0.05) is 109 Å². The first-order chi connectivity index (χ1) is 21.7. The first-order valence-corrected chi connectivity index (χ1v) is 17.0. The van der Waals surface area contributed by atoms with Gasteiger partial charge in [-0.25, -0.2) is 8.42 Å². The molecule has 0 unspecified atom stereocenters. The van der Waals surface area contributed by atoms with Crippen LogP contribution >= 0.6 is 0 Å². The molecule has 4 aromatic carbocycles. The number of carbonyl (C=O) groups is 2. The van der Waals surface area contributed by atoms with Crippen molar-refractivity contribution in [1.82, 2.24) is 10.2 Å². The lowest BCUT2D eigenvalue weighted by Gasteiger charge is -2.34. The molecule has 234 valence electrons. The van der Waals surface area contributed by atoms with Crippen molar-refractivity contribution < 1.29 is 18.0 Å². The van der Waals surface area contributed by atoms with Gasteiger partial charge in [0.05, 0.1) is 10.6 Å². The highest BCUT2D eigenvalue weighted by Crippen LogP contribution is 2.26. The quantitative estimate of drug-likeness (QED) is 0.204. The van der Waals surface area contributed by atoms with Crippen LogP contribution in [0.4, 0.5) is 5.69 Å². The Morgan fingerprint density at radius 2 is 1.31 bits per heavy atom. The van der Waals surface area contributed by atoms with Gasteiger partial charge >= 0.3 is 0 Å². The zero-order valence-corrected chi connectivity index (χ0v) is 26.7. The van der Waals surface area contributed by atoms with Crippen molar-refractivity contribution in [3.8, 4) is 0 Å². The maximum atomic E-state index is 14.6. The largest absolute Gasteiger partial charge is 0.352 e. The minimum atomic E-state index is -4.11. The fourth-order valence-electron chi connectivity index (χ4n) is 5.77. The van der Waals surface area contributed by atoms with Gasteiger partial charge in [0.15, 0.2) is 0 Å². The molecule has 4 aromatic rings. The van der Waals surface area contributed by atoms with Gasteiger partial charge in [-0.05, 0) is 62.1 Å². The number of nitrogens with one attached hydrogen (secondary N) is 1. The molecule has 1 fully saturated rings. The minimum absolute atomic E-state index is 0.0645. The molecule has 1 atom stereocenters. The van der Waals surface area contributed by atoms with E-state index in [1.54, 1.807) is 35.2 Å². The minimum Gasteiger partial charge on any atom is -0.352 e. The van der Waals surface area contributed by atoms with Crippen LogP contribution in [0.2, 0.25) is 0 Å². The van der Waals surface area contributed by atoms with Crippen molar-refractivity contribution in [2.24, 2.45) is 0 Å². The number of hydrogen-bond donors (Lipinski definition) is 1. The zero-order valence-electron chi connectivity index (χ0n) is 25.9. The van der Waals surface area contributed by atoms with Crippen molar-refractivity contribution in [2.45, 2.75) is 69.5 Å². The maximum Gasteiger partial charge on any atom is 0.264 e. The molecule has 0 heterocycles. The van der Waals surface area contributed by atoms with Crippen LogP contribution in [-0.2, 0) is 32.6 Å². The highest BCUT2D eigenvalue weighted by molar-refractivity contribution is 7.92. The van der Waals surface area contributed by atoms with Gasteiger partial charge in [0, 0.05) is 19.0 Å². The number of carbonyl (C=O) groups excluding carboxylic acids is 2. The van der Waals surface area contributed by atoms with Gasteiger partial charge in [-0.3, -0.25) is 13.9 Å². The first kappa shape index (κ1) is 32.0. The second-order valence-corrected chi connectivity index (χ2v) is 13.7. The number of hydrogen-bond acceptors (Lipinski definition) is 4. The second kappa shape index (κ2) is 14.6. The normalized spacial score (nSPS) is 14.1. The average Bonchev–Trinajstić information content (AvgIpc) is 3.57. The molecule has 0 bridgehead atoms. The van der Waals surface area contributed by atoms with Crippen molar-refractivity contribution in [3.05, 3.63) is 131 Å². The highest BCUT2D eigenvalue weighted by atomic mass is 32.2. The Labute approximate surface area is 266 Å². The smallest absolute Gasteiger partial charge is 0.264 e. The van der Waals surface area contributed by atoms with Crippen molar-refractivity contribution >= 4 is 27.5 Å². The number of benzene rings is 4. The monoisotopic (exact) mass is 623 g/mol. The summed E-state index contributed by atoms with van der Waals surface area (Å²) in [6.45, 7) is 3.61.